The molecule has 0 atom stereocenters. The Labute approximate surface area is 132 Å². The average molecular weight is 311 g/mol. The summed E-state index contributed by atoms with van der Waals surface area (Å²) >= 11 is 0. The van der Waals surface area contributed by atoms with E-state index in [0.29, 0.717) is 5.69 Å². The van der Waals surface area contributed by atoms with Crippen LogP contribution in [0.2, 0.25) is 0 Å². The van der Waals surface area contributed by atoms with Crippen LogP contribution in [-0.4, -0.2) is 25.5 Å². The fraction of sp³-hybridized carbons (Fsp3) is 0.250. The number of nitrogens with zero attached hydrogens (tertiary/aromatic N) is 3. The van der Waals surface area contributed by atoms with E-state index in [1.54, 1.807) is 20.8 Å². The lowest BCUT2D eigenvalue weighted by atomic mass is 9.96. The van der Waals surface area contributed by atoms with Gasteiger partial charge in [-0.1, -0.05) is 51.1 Å². The van der Waals surface area contributed by atoms with Gasteiger partial charge in [-0.15, -0.1) is 0 Å². The monoisotopic (exact) mass is 311 g/mol. The molecule has 118 valence electrons. The molecule has 0 aliphatic heterocycles. The first kappa shape index (κ1) is 15.0. The van der Waals surface area contributed by atoms with Crippen molar-refractivity contribution in [1.82, 2.24) is 19.6 Å². The van der Waals surface area contributed by atoms with Gasteiger partial charge >= 0.3 is 0 Å². The van der Waals surface area contributed by atoms with E-state index in [2.05, 4.69) is 20.4 Å². The number of aromatic amines is 1. The molecule has 0 fully saturated rings. The Hall–Kier alpha value is -2.96. The fourth-order valence-electron chi connectivity index (χ4n) is 1.99. The largest absolute Gasteiger partial charge is 0.294 e. The molecule has 0 saturated heterocycles. The maximum Gasteiger partial charge on any atom is 0.274 e. The SMILES string of the molecule is CC(C)(C)C(=O)Nc1nc2nc(-c3ccccc3)cc(=O)n2[nH]1. The van der Waals surface area contributed by atoms with E-state index in [4.69, 9.17) is 0 Å². The Balaban J connectivity index is 2.02. The van der Waals surface area contributed by atoms with Crippen molar-refractivity contribution in [2.24, 2.45) is 5.41 Å². The molecule has 2 aromatic heterocycles. The molecule has 3 aromatic rings. The summed E-state index contributed by atoms with van der Waals surface area (Å²) in [6.07, 6.45) is 0. The normalized spacial score (nSPS) is 11.6. The van der Waals surface area contributed by atoms with Crippen molar-refractivity contribution in [2.75, 3.05) is 5.32 Å². The predicted molar refractivity (Wildman–Crippen MR) is 87.1 cm³/mol. The molecule has 0 unspecified atom stereocenters. The average Bonchev–Trinajstić information content (AvgIpc) is 2.90. The Kier molecular flexibility index (Phi) is 3.48. The minimum absolute atomic E-state index is 0.194. The highest BCUT2D eigenvalue weighted by atomic mass is 16.2. The zero-order chi connectivity index (χ0) is 16.6. The molecule has 7 heteroatoms. The van der Waals surface area contributed by atoms with Crippen LogP contribution in [0.1, 0.15) is 20.8 Å². The number of carbonyl (C=O) groups excluding carboxylic acids is 1. The first-order valence-electron chi connectivity index (χ1n) is 7.21. The van der Waals surface area contributed by atoms with Crippen molar-refractivity contribution in [1.29, 1.82) is 0 Å². The van der Waals surface area contributed by atoms with E-state index >= 15 is 0 Å². The lowest BCUT2D eigenvalue weighted by molar-refractivity contribution is -0.123. The summed E-state index contributed by atoms with van der Waals surface area (Å²) in [5.41, 5.74) is 0.510. The zero-order valence-electron chi connectivity index (χ0n) is 13.1. The third kappa shape index (κ3) is 2.98. The number of anilines is 1. The highest BCUT2D eigenvalue weighted by Gasteiger charge is 2.22. The summed E-state index contributed by atoms with van der Waals surface area (Å²) in [4.78, 5) is 32.8. The van der Waals surface area contributed by atoms with Crippen molar-refractivity contribution in [3.05, 3.63) is 46.8 Å². The van der Waals surface area contributed by atoms with Crippen LogP contribution in [-0.2, 0) is 4.79 Å². The van der Waals surface area contributed by atoms with Gasteiger partial charge in [0.15, 0.2) is 0 Å². The van der Waals surface area contributed by atoms with Crippen LogP contribution in [0.4, 0.5) is 5.95 Å². The third-order valence-electron chi connectivity index (χ3n) is 3.31. The Morgan fingerprint density at radius 1 is 1.17 bits per heavy atom. The number of nitrogens with one attached hydrogen (secondary N) is 2. The summed E-state index contributed by atoms with van der Waals surface area (Å²) in [6, 6.07) is 10.8. The first-order chi connectivity index (χ1) is 10.8. The van der Waals surface area contributed by atoms with Crippen LogP contribution in [0.15, 0.2) is 41.2 Å². The van der Waals surface area contributed by atoms with Crippen LogP contribution in [0.3, 0.4) is 0 Å². The molecule has 1 amide bonds. The van der Waals surface area contributed by atoms with Crippen molar-refractivity contribution >= 4 is 17.6 Å². The molecule has 23 heavy (non-hydrogen) atoms. The fourth-order valence-corrected chi connectivity index (χ4v) is 1.99. The Morgan fingerprint density at radius 3 is 2.52 bits per heavy atom. The van der Waals surface area contributed by atoms with Gasteiger partial charge in [0.25, 0.3) is 11.3 Å². The molecule has 0 bridgehead atoms. The lowest BCUT2D eigenvalue weighted by Gasteiger charge is -2.15. The van der Waals surface area contributed by atoms with Gasteiger partial charge in [0.2, 0.25) is 11.9 Å². The summed E-state index contributed by atoms with van der Waals surface area (Å²) in [7, 11) is 0. The van der Waals surface area contributed by atoms with Crippen LogP contribution >= 0.6 is 0 Å². The molecule has 0 aliphatic carbocycles. The number of aromatic nitrogens is 4. The van der Waals surface area contributed by atoms with E-state index in [0.717, 1.165) is 5.56 Å². The number of fused-ring (bicyclic) bond motifs is 1. The third-order valence-corrected chi connectivity index (χ3v) is 3.31. The molecular formula is C16H17N5O2. The number of hydrogen-bond donors (Lipinski definition) is 2. The van der Waals surface area contributed by atoms with Crippen molar-refractivity contribution in [2.45, 2.75) is 20.8 Å². The Bertz CT molecular complexity index is 919. The molecule has 3 rings (SSSR count). The molecule has 2 N–H and O–H groups in total. The number of carbonyl (C=O) groups is 1. The Morgan fingerprint density at radius 2 is 1.87 bits per heavy atom. The molecule has 0 spiro atoms. The van der Waals surface area contributed by atoms with Gasteiger partial charge in [0, 0.05) is 17.0 Å². The van der Waals surface area contributed by atoms with E-state index in [1.807, 2.05) is 30.3 Å². The molecule has 0 saturated carbocycles. The van der Waals surface area contributed by atoms with Gasteiger partial charge in [0.1, 0.15) is 0 Å². The van der Waals surface area contributed by atoms with Crippen LogP contribution in [0.25, 0.3) is 17.0 Å². The highest BCUT2D eigenvalue weighted by molar-refractivity contribution is 5.93. The van der Waals surface area contributed by atoms with Crippen LogP contribution in [0.5, 0.6) is 0 Å². The maximum absolute atomic E-state index is 12.2. The molecule has 2 heterocycles. The zero-order valence-corrected chi connectivity index (χ0v) is 13.1. The van der Waals surface area contributed by atoms with Crippen LogP contribution in [0, 0.1) is 5.41 Å². The van der Waals surface area contributed by atoms with Gasteiger partial charge in [-0.25, -0.2) is 4.98 Å². The topological polar surface area (TPSA) is 92.2 Å². The number of benzene rings is 1. The first-order valence-corrected chi connectivity index (χ1v) is 7.21. The number of hydrogen-bond acceptors (Lipinski definition) is 4. The van der Waals surface area contributed by atoms with Gasteiger partial charge < -0.3 is 0 Å². The summed E-state index contributed by atoms with van der Waals surface area (Å²) < 4.78 is 1.20. The molecule has 7 nitrogen and oxygen atoms in total. The van der Waals surface area contributed by atoms with Gasteiger partial charge in [-0.3, -0.25) is 20.0 Å². The number of rotatable bonds is 2. The van der Waals surface area contributed by atoms with Crippen LogP contribution < -0.4 is 10.9 Å². The second-order valence-electron chi connectivity index (χ2n) is 6.26. The second kappa shape index (κ2) is 5.35. The van der Waals surface area contributed by atoms with Crippen molar-refractivity contribution in [3.8, 4) is 11.3 Å². The molecular weight excluding hydrogens is 294 g/mol. The quantitative estimate of drug-likeness (QED) is 0.758. The van der Waals surface area contributed by atoms with E-state index < -0.39 is 5.41 Å². The lowest BCUT2D eigenvalue weighted by Crippen LogP contribution is -2.28. The predicted octanol–water partition coefficient (Wildman–Crippen LogP) is 2.07. The minimum atomic E-state index is -0.563. The standard InChI is InChI=1S/C16H17N5O2/c1-16(2,3)13(23)18-14-19-15-17-11(9-12(22)21(15)20-14)10-7-5-4-6-8-10/h4-9H,1-3H3,(H2,17,18,19,20,23). The molecule has 0 radical (unpaired) electrons. The summed E-state index contributed by atoms with van der Waals surface area (Å²) in [5, 5.41) is 5.40. The number of amides is 1. The molecule has 0 aliphatic rings. The van der Waals surface area contributed by atoms with E-state index in [1.165, 1.54) is 10.6 Å². The van der Waals surface area contributed by atoms with Gasteiger partial charge in [0.05, 0.1) is 5.69 Å². The molecule has 1 aromatic carbocycles. The smallest absolute Gasteiger partial charge is 0.274 e. The second-order valence-corrected chi connectivity index (χ2v) is 6.26. The van der Waals surface area contributed by atoms with Crippen molar-refractivity contribution in [3.63, 3.8) is 0 Å². The summed E-state index contributed by atoms with van der Waals surface area (Å²) in [5.74, 6) is 0.202. The number of H-pyrrole nitrogens is 1. The highest BCUT2D eigenvalue weighted by Crippen LogP contribution is 2.17. The van der Waals surface area contributed by atoms with Gasteiger partial charge in [-0.2, -0.15) is 9.50 Å². The minimum Gasteiger partial charge on any atom is -0.294 e. The summed E-state index contributed by atoms with van der Waals surface area (Å²) in [6.45, 7) is 5.38. The van der Waals surface area contributed by atoms with E-state index in [-0.39, 0.29) is 23.2 Å². The van der Waals surface area contributed by atoms with E-state index in [9.17, 15) is 9.59 Å². The van der Waals surface area contributed by atoms with Gasteiger partial charge in [-0.05, 0) is 0 Å². The van der Waals surface area contributed by atoms with Crippen molar-refractivity contribution < 1.29 is 4.79 Å². The maximum atomic E-state index is 12.2.